The summed E-state index contributed by atoms with van der Waals surface area (Å²) >= 11 is 0. The van der Waals surface area contributed by atoms with Crippen molar-refractivity contribution in [3.8, 4) is 0 Å². The summed E-state index contributed by atoms with van der Waals surface area (Å²) in [4.78, 5) is 15.9. The van der Waals surface area contributed by atoms with E-state index in [-0.39, 0.29) is 5.78 Å². The Kier molecular flexibility index (Phi) is 3.31. The molecule has 0 aliphatic carbocycles. The van der Waals surface area contributed by atoms with Crippen molar-refractivity contribution in [3.63, 3.8) is 0 Å². The second-order valence-electron chi connectivity index (χ2n) is 3.58. The van der Waals surface area contributed by atoms with Crippen molar-refractivity contribution in [2.45, 2.75) is 6.42 Å². The van der Waals surface area contributed by atoms with Crippen LogP contribution in [0, 0.1) is 0 Å². The summed E-state index contributed by atoms with van der Waals surface area (Å²) in [5.41, 5.74) is 6.89. The summed E-state index contributed by atoms with van der Waals surface area (Å²) in [6, 6.07) is 7.33. The van der Waals surface area contributed by atoms with E-state index >= 15 is 0 Å². The van der Waals surface area contributed by atoms with Crippen LogP contribution in [0.5, 0.6) is 0 Å². The van der Waals surface area contributed by atoms with Gasteiger partial charge in [-0.15, -0.1) is 0 Å². The lowest BCUT2D eigenvalue weighted by molar-refractivity contribution is 0.0985. The predicted molar refractivity (Wildman–Crippen MR) is 61.8 cm³/mol. The minimum absolute atomic E-state index is 0.0583. The summed E-state index contributed by atoms with van der Waals surface area (Å²) in [6.45, 7) is 1.69. The van der Waals surface area contributed by atoms with Crippen LogP contribution in [0.3, 0.4) is 0 Å². The largest absolute Gasteiger partial charge is 0.476 e. The maximum atomic E-state index is 11.7. The van der Waals surface area contributed by atoms with E-state index in [9.17, 15) is 4.79 Å². The Morgan fingerprint density at radius 2 is 2.38 bits per heavy atom. The van der Waals surface area contributed by atoms with Gasteiger partial charge in [-0.2, -0.15) is 0 Å². The number of nitrogens with zero attached hydrogens (tertiary/aromatic N) is 1. The summed E-state index contributed by atoms with van der Waals surface area (Å²) < 4.78 is 5.35. The van der Waals surface area contributed by atoms with Gasteiger partial charge in [0.15, 0.2) is 5.78 Å². The van der Waals surface area contributed by atoms with E-state index in [0.717, 1.165) is 5.56 Å². The highest BCUT2D eigenvalue weighted by molar-refractivity contribution is 6.00. The standard InChI is InChI=1S/C12H14N2O2/c13-5-4-11(15)9-2-1-3-10(8-9)12-14-6-7-16-12/h1-3,8H,4-7,13H2. The molecule has 0 saturated heterocycles. The molecule has 0 amide bonds. The van der Waals surface area contributed by atoms with Crippen LogP contribution in [0.2, 0.25) is 0 Å². The maximum absolute atomic E-state index is 11.7. The lowest BCUT2D eigenvalue weighted by Gasteiger charge is -2.04. The molecule has 1 heterocycles. The molecular weight excluding hydrogens is 204 g/mol. The molecule has 0 radical (unpaired) electrons. The van der Waals surface area contributed by atoms with Crippen LogP contribution >= 0.6 is 0 Å². The molecule has 2 rings (SSSR count). The van der Waals surface area contributed by atoms with Crippen LogP contribution < -0.4 is 5.73 Å². The van der Waals surface area contributed by atoms with Gasteiger partial charge in [0.1, 0.15) is 6.61 Å². The molecule has 0 spiro atoms. The number of ketones is 1. The van der Waals surface area contributed by atoms with Gasteiger partial charge in [0.25, 0.3) is 0 Å². The average Bonchev–Trinajstić information content (AvgIpc) is 2.83. The van der Waals surface area contributed by atoms with E-state index in [2.05, 4.69) is 4.99 Å². The Labute approximate surface area is 94.1 Å². The third-order valence-electron chi connectivity index (χ3n) is 2.39. The van der Waals surface area contributed by atoms with Crippen molar-refractivity contribution < 1.29 is 9.53 Å². The molecule has 1 aliphatic rings. The van der Waals surface area contributed by atoms with Crippen molar-refractivity contribution >= 4 is 11.7 Å². The number of carbonyl (C=O) groups is 1. The van der Waals surface area contributed by atoms with Crippen LogP contribution in [0.15, 0.2) is 29.3 Å². The van der Waals surface area contributed by atoms with Gasteiger partial charge in [0.05, 0.1) is 6.54 Å². The molecule has 0 fully saturated rings. The molecule has 1 aromatic carbocycles. The van der Waals surface area contributed by atoms with Gasteiger partial charge in [-0.1, -0.05) is 12.1 Å². The van der Waals surface area contributed by atoms with Crippen molar-refractivity contribution in [1.29, 1.82) is 0 Å². The quantitative estimate of drug-likeness (QED) is 0.766. The topological polar surface area (TPSA) is 64.7 Å². The Morgan fingerprint density at radius 3 is 3.06 bits per heavy atom. The Bertz CT molecular complexity index is 427. The fourth-order valence-corrected chi connectivity index (χ4v) is 1.61. The Morgan fingerprint density at radius 1 is 1.50 bits per heavy atom. The zero-order valence-corrected chi connectivity index (χ0v) is 8.98. The summed E-state index contributed by atoms with van der Waals surface area (Å²) in [6.07, 6.45) is 0.372. The highest BCUT2D eigenvalue weighted by Gasteiger charge is 2.12. The number of rotatable bonds is 4. The second-order valence-corrected chi connectivity index (χ2v) is 3.58. The van der Waals surface area contributed by atoms with Crippen molar-refractivity contribution in [2.24, 2.45) is 10.7 Å². The molecule has 4 nitrogen and oxygen atoms in total. The molecule has 0 saturated carbocycles. The lowest BCUT2D eigenvalue weighted by atomic mass is 10.1. The monoisotopic (exact) mass is 218 g/mol. The van der Waals surface area contributed by atoms with Gasteiger partial charge in [0.2, 0.25) is 5.90 Å². The highest BCUT2D eigenvalue weighted by Crippen LogP contribution is 2.11. The van der Waals surface area contributed by atoms with Crippen LogP contribution in [-0.4, -0.2) is 31.4 Å². The third-order valence-corrected chi connectivity index (χ3v) is 2.39. The van der Waals surface area contributed by atoms with E-state index in [0.29, 0.717) is 37.6 Å². The molecule has 2 N–H and O–H groups in total. The molecule has 16 heavy (non-hydrogen) atoms. The molecule has 4 heteroatoms. The molecule has 1 aliphatic heterocycles. The van der Waals surface area contributed by atoms with Gasteiger partial charge in [-0.05, 0) is 18.7 Å². The fraction of sp³-hybridized carbons (Fsp3) is 0.333. The number of benzene rings is 1. The number of Topliss-reactive ketones (excluding diaryl/α,β-unsaturated/α-hetero) is 1. The number of carbonyl (C=O) groups excluding carboxylic acids is 1. The predicted octanol–water partition coefficient (Wildman–Crippen LogP) is 0.995. The maximum Gasteiger partial charge on any atom is 0.216 e. The SMILES string of the molecule is NCCC(=O)c1cccc(C2=NCCO2)c1. The smallest absolute Gasteiger partial charge is 0.216 e. The zero-order valence-electron chi connectivity index (χ0n) is 8.98. The number of aliphatic imine (C=N–C) groups is 1. The van der Waals surface area contributed by atoms with Crippen LogP contribution in [-0.2, 0) is 4.74 Å². The van der Waals surface area contributed by atoms with Crippen LogP contribution in [0.1, 0.15) is 22.3 Å². The normalized spacial score (nSPS) is 14.4. The molecule has 84 valence electrons. The van der Waals surface area contributed by atoms with Gasteiger partial charge >= 0.3 is 0 Å². The van der Waals surface area contributed by atoms with Crippen molar-refractivity contribution in [1.82, 2.24) is 0 Å². The van der Waals surface area contributed by atoms with E-state index < -0.39 is 0 Å². The van der Waals surface area contributed by atoms with E-state index in [1.165, 1.54) is 0 Å². The number of hydrogen-bond acceptors (Lipinski definition) is 4. The van der Waals surface area contributed by atoms with Gasteiger partial charge in [-0.25, -0.2) is 4.99 Å². The minimum Gasteiger partial charge on any atom is -0.476 e. The molecular formula is C12H14N2O2. The molecule has 0 unspecified atom stereocenters. The Hall–Kier alpha value is -1.68. The first-order valence-corrected chi connectivity index (χ1v) is 5.32. The molecule has 0 bridgehead atoms. The number of hydrogen-bond donors (Lipinski definition) is 1. The highest BCUT2D eigenvalue weighted by atomic mass is 16.5. The van der Waals surface area contributed by atoms with Gasteiger partial charge in [-0.3, -0.25) is 4.79 Å². The van der Waals surface area contributed by atoms with Crippen LogP contribution in [0.4, 0.5) is 0 Å². The molecule has 0 aromatic heterocycles. The first-order valence-electron chi connectivity index (χ1n) is 5.32. The van der Waals surface area contributed by atoms with Crippen molar-refractivity contribution in [3.05, 3.63) is 35.4 Å². The minimum atomic E-state index is 0.0583. The van der Waals surface area contributed by atoms with Gasteiger partial charge in [0, 0.05) is 17.5 Å². The third kappa shape index (κ3) is 2.28. The van der Waals surface area contributed by atoms with E-state index in [1.54, 1.807) is 6.07 Å². The summed E-state index contributed by atoms with van der Waals surface area (Å²) in [5, 5.41) is 0. The molecule has 1 aromatic rings. The number of nitrogens with two attached hydrogens (primary N) is 1. The first kappa shape index (κ1) is 10.8. The van der Waals surface area contributed by atoms with Crippen LogP contribution in [0.25, 0.3) is 0 Å². The summed E-state index contributed by atoms with van der Waals surface area (Å²) in [7, 11) is 0. The average molecular weight is 218 g/mol. The zero-order chi connectivity index (χ0) is 11.4. The lowest BCUT2D eigenvalue weighted by Crippen LogP contribution is -2.09. The van der Waals surface area contributed by atoms with E-state index in [4.69, 9.17) is 10.5 Å². The van der Waals surface area contributed by atoms with Gasteiger partial charge < -0.3 is 10.5 Å². The second kappa shape index (κ2) is 4.90. The molecule has 0 atom stereocenters. The first-order chi connectivity index (χ1) is 7.81. The summed E-state index contributed by atoms with van der Waals surface area (Å²) in [5.74, 6) is 0.686. The number of ether oxygens (including phenoxy) is 1. The fourth-order valence-electron chi connectivity index (χ4n) is 1.61. The van der Waals surface area contributed by atoms with Crippen molar-refractivity contribution in [2.75, 3.05) is 19.7 Å². The van der Waals surface area contributed by atoms with E-state index in [1.807, 2.05) is 18.2 Å². The Balaban J connectivity index is 2.22.